The largest absolute Gasteiger partial charge is 0.492 e. The molecular weight excluding hydrogens is 292 g/mol. The normalized spacial score (nSPS) is 16.5. The third-order valence-electron chi connectivity index (χ3n) is 3.50. The van der Waals surface area contributed by atoms with Crippen molar-refractivity contribution in [3.05, 3.63) is 29.3 Å². The summed E-state index contributed by atoms with van der Waals surface area (Å²) >= 11 is 5.82. The number of nitrogens with one attached hydrogen (secondary N) is 1. The Morgan fingerprint density at radius 3 is 2.62 bits per heavy atom. The minimum Gasteiger partial charge on any atom is -0.492 e. The van der Waals surface area contributed by atoms with Crippen molar-refractivity contribution >= 4 is 17.7 Å². The van der Waals surface area contributed by atoms with E-state index in [-0.39, 0.29) is 12.2 Å². The van der Waals surface area contributed by atoms with Gasteiger partial charge in [0.05, 0.1) is 0 Å². The molecule has 0 unspecified atom stereocenters. The molecule has 0 spiro atoms. The highest BCUT2D eigenvalue weighted by Gasteiger charge is 2.21. The third-order valence-corrected chi connectivity index (χ3v) is 3.75. The number of carbonyl (C=O) groups is 1. The smallest absolute Gasteiger partial charge is 0.407 e. The Morgan fingerprint density at radius 2 is 2.00 bits per heavy atom. The number of likely N-dealkylation sites (tertiary alicyclic amines) is 1. The van der Waals surface area contributed by atoms with E-state index in [1.807, 2.05) is 24.3 Å². The fourth-order valence-electron chi connectivity index (χ4n) is 2.28. The first-order valence-corrected chi connectivity index (χ1v) is 7.54. The van der Waals surface area contributed by atoms with Crippen LogP contribution in [0.4, 0.5) is 4.79 Å². The SMILES string of the molecule is CNC(=O)OC1CCN(CCOc2ccc(Cl)cc2)CC1. The van der Waals surface area contributed by atoms with Gasteiger partial charge in [0.1, 0.15) is 18.5 Å². The van der Waals surface area contributed by atoms with Crippen molar-refractivity contribution in [3.63, 3.8) is 0 Å². The Balaban J connectivity index is 1.62. The molecular formula is C15H21ClN2O3. The number of amides is 1. The lowest BCUT2D eigenvalue weighted by Crippen LogP contribution is -2.40. The van der Waals surface area contributed by atoms with E-state index in [2.05, 4.69) is 10.2 Å². The third kappa shape index (κ3) is 5.44. The molecule has 0 radical (unpaired) electrons. The topological polar surface area (TPSA) is 50.8 Å². The predicted octanol–water partition coefficient (Wildman–Crippen LogP) is 2.54. The summed E-state index contributed by atoms with van der Waals surface area (Å²) in [5, 5.41) is 3.18. The zero-order chi connectivity index (χ0) is 15.1. The van der Waals surface area contributed by atoms with Crippen LogP contribution in [0.2, 0.25) is 5.02 Å². The fourth-order valence-corrected chi connectivity index (χ4v) is 2.41. The number of nitrogens with zero attached hydrogens (tertiary/aromatic N) is 1. The standard InChI is InChI=1S/C15H21ClN2O3/c1-17-15(19)21-14-6-8-18(9-7-14)10-11-20-13-4-2-12(16)3-5-13/h2-5,14H,6-11H2,1H3,(H,17,19). The lowest BCUT2D eigenvalue weighted by Gasteiger charge is -2.31. The number of hydrogen-bond donors (Lipinski definition) is 1. The average molecular weight is 313 g/mol. The van der Waals surface area contributed by atoms with Gasteiger partial charge in [0, 0.05) is 31.7 Å². The highest BCUT2D eigenvalue weighted by atomic mass is 35.5. The maximum absolute atomic E-state index is 11.1. The Labute approximate surface area is 130 Å². The molecule has 1 fully saturated rings. The second-order valence-corrected chi connectivity index (χ2v) is 5.44. The van der Waals surface area contributed by atoms with Crippen LogP contribution in [0.1, 0.15) is 12.8 Å². The molecule has 21 heavy (non-hydrogen) atoms. The van der Waals surface area contributed by atoms with Crippen molar-refractivity contribution in [2.75, 3.05) is 33.3 Å². The van der Waals surface area contributed by atoms with Gasteiger partial charge in [-0.3, -0.25) is 4.90 Å². The van der Waals surface area contributed by atoms with Gasteiger partial charge in [-0.05, 0) is 37.1 Å². The lowest BCUT2D eigenvalue weighted by molar-refractivity contribution is 0.0483. The molecule has 0 aromatic heterocycles. The molecule has 5 nitrogen and oxygen atoms in total. The minimum absolute atomic E-state index is 0.0263. The summed E-state index contributed by atoms with van der Waals surface area (Å²) in [5.41, 5.74) is 0. The molecule has 0 aliphatic carbocycles. The molecule has 0 atom stereocenters. The summed E-state index contributed by atoms with van der Waals surface area (Å²) < 4.78 is 10.9. The van der Waals surface area contributed by atoms with E-state index in [9.17, 15) is 4.79 Å². The maximum Gasteiger partial charge on any atom is 0.407 e. The van der Waals surface area contributed by atoms with Crippen LogP contribution in [0, 0.1) is 0 Å². The van der Waals surface area contributed by atoms with Crippen LogP contribution in [-0.4, -0.2) is 50.4 Å². The molecule has 6 heteroatoms. The van der Waals surface area contributed by atoms with Crippen molar-refractivity contribution in [1.29, 1.82) is 0 Å². The predicted molar refractivity (Wildman–Crippen MR) is 81.9 cm³/mol. The molecule has 0 bridgehead atoms. The summed E-state index contributed by atoms with van der Waals surface area (Å²) in [5.74, 6) is 0.831. The number of carbonyl (C=O) groups excluding carboxylic acids is 1. The molecule has 1 heterocycles. The highest BCUT2D eigenvalue weighted by molar-refractivity contribution is 6.30. The highest BCUT2D eigenvalue weighted by Crippen LogP contribution is 2.16. The molecule has 2 rings (SSSR count). The van der Waals surface area contributed by atoms with Gasteiger partial charge in [-0.25, -0.2) is 4.79 Å². The van der Waals surface area contributed by atoms with Gasteiger partial charge in [0.25, 0.3) is 0 Å². The molecule has 1 aromatic carbocycles. The van der Waals surface area contributed by atoms with E-state index in [1.165, 1.54) is 0 Å². The van der Waals surface area contributed by atoms with Gasteiger partial charge < -0.3 is 14.8 Å². The molecule has 1 aliphatic rings. The van der Waals surface area contributed by atoms with Gasteiger partial charge in [0.2, 0.25) is 0 Å². The van der Waals surface area contributed by atoms with E-state index in [1.54, 1.807) is 7.05 Å². The number of ether oxygens (including phenoxy) is 2. The molecule has 1 aromatic rings. The van der Waals surface area contributed by atoms with Crippen LogP contribution in [-0.2, 0) is 4.74 Å². The van der Waals surface area contributed by atoms with Crippen LogP contribution in [0.3, 0.4) is 0 Å². The van der Waals surface area contributed by atoms with Gasteiger partial charge in [-0.2, -0.15) is 0 Å². The first-order valence-electron chi connectivity index (χ1n) is 7.16. The molecule has 116 valence electrons. The minimum atomic E-state index is -0.348. The van der Waals surface area contributed by atoms with Crippen molar-refractivity contribution in [1.82, 2.24) is 10.2 Å². The number of alkyl carbamates (subject to hydrolysis) is 1. The Morgan fingerprint density at radius 1 is 1.33 bits per heavy atom. The van der Waals surface area contributed by atoms with Crippen molar-refractivity contribution < 1.29 is 14.3 Å². The Hall–Kier alpha value is -1.46. The van der Waals surface area contributed by atoms with E-state index in [4.69, 9.17) is 21.1 Å². The van der Waals surface area contributed by atoms with Crippen LogP contribution in [0.15, 0.2) is 24.3 Å². The zero-order valence-electron chi connectivity index (χ0n) is 12.2. The fraction of sp³-hybridized carbons (Fsp3) is 0.533. The first kappa shape index (κ1) is 15.9. The number of piperidine rings is 1. The summed E-state index contributed by atoms with van der Waals surface area (Å²) in [7, 11) is 1.57. The van der Waals surface area contributed by atoms with Crippen LogP contribution in [0.5, 0.6) is 5.75 Å². The molecule has 1 saturated heterocycles. The number of rotatable bonds is 5. The van der Waals surface area contributed by atoms with Crippen molar-refractivity contribution in [2.24, 2.45) is 0 Å². The summed E-state index contributed by atoms with van der Waals surface area (Å²) in [6.45, 7) is 3.36. The van der Waals surface area contributed by atoms with E-state index >= 15 is 0 Å². The summed E-state index contributed by atoms with van der Waals surface area (Å²) in [6, 6.07) is 7.37. The van der Waals surface area contributed by atoms with E-state index in [0.29, 0.717) is 11.6 Å². The quantitative estimate of drug-likeness (QED) is 0.908. The van der Waals surface area contributed by atoms with Gasteiger partial charge >= 0.3 is 6.09 Å². The second kappa shape index (κ2) is 8.10. The summed E-state index contributed by atoms with van der Waals surface area (Å²) in [6.07, 6.45) is 1.42. The Kier molecular flexibility index (Phi) is 6.14. The van der Waals surface area contributed by atoms with E-state index in [0.717, 1.165) is 38.2 Å². The van der Waals surface area contributed by atoms with E-state index < -0.39 is 0 Å². The lowest BCUT2D eigenvalue weighted by atomic mass is 10.1. The monoisotopic (exact) mass is 312 g/mol. The number of halogens is 1. The number of hydrogen-bond acceptors (Lipinski definition) is 4. The molecule has 1 amide bonds. The van der Waals surface area contributed by atoms with Gasteiger partial charge in [0.15, 0.2) is 0 Å². The van der Waals surface area contributed by atoms with Crippen molar-refractivity contribution in [2.45, 2.75) is 18.9 Å². The first-order chi connectivity index (χ1) is 10.2. The average Bonchev–Trinajstić information content (AvgIpc) is 2.51. The molecule has 1 N–H and O–H groups in total. The maximum atomic E-state index is 11.1. The van der Waals surface area contributed by atoms with Gasteiger partial charge in [-0.1, -0.05) is 11.6 Å². The molecule has 0 saturated carbocycles. The zero-order valence-corrected chi connectivity index (χ0v) is 12.9. The number of benzene rings is 1. The van der Waals surface area contributed by atoms with Crippen LogP contribution >= 0.6 is 11.6 Å². The second-order valence-electron chi connectivity index (χ2n) is 5.00. The van der Waals surface area contributed by atoms with Crippen LogP contribution < -0.4 is 10.1 Å². The van der Waals surface area contributed by atoms with Crippen LogP contribution in [0.25, 0.3) is 0 Å². The van der Waals surface area contributed by atoms with Crippen molar-refractivity contribution in [3.8, 4) is 5.75 Å². The Bertz CT molecular complexity index is 445. The summed E-state index contributed by atoms with van der Waals surface area (Å²) in [4.78, 5) is 13.5. The molecule has 1 aliphatic heterocycles. The van der Waals surface area contributed by atoms with Gasteiger partial charge in [-0.15, -0.1) is 0 Å².